The summed E-state index contributed by atoms with van der Waals surface area (Å²) in [5, 5.41) is 0. The number of hydrogen-bond donors (Lipinski definition) is 1. The molecule has 0 amide bonds. The molecule has 0 unspecified atom stereocenters. The molecule has 2 aromatic rings. The molecule has 0 spiro atoms. The van der Waals surface area contributed by atoms with Crippen LogP contribution >= 0.6 is 0 Å². The van der Waals surface area contributed by atoms with E-state index in [1.54, 1.807) is 18.2 Å². The number of rotatable bonds is 7. The van der Waals surface area contributed by atoms with E-state index in [1.165, 1.54) is 33.5 Å². The summed E-state index contributed by atoms with van der Waals surface area (Å²) in [7, 11) is 0.323. The molecule has 0 fully saturated rings. The molecule has 0 aromatic heterocycles. The predicted octanol–water partition coefficient (Wildman–Crippen LogP) is 1.96. The van der Waals surface area contributed by atoms with E-state index in [2.05, 4.69) is 4.72 Å². The third-order valence-electron chi connectivity index (χ3n) is 4.01. The lowest BCUT2D eigenvalue weighted by Gasteiger charge is -2.19. The molecule has 9 heteroatoms. The van der Waals surface area contributed by atoms with Crippen molar-refractivity contribution >= 4 is 10.0 Å². The largest absolute Gasteiger partial charge is 0.496 e. The third-order valence-corrected chi connectivity index (χ3v) is 5.48. The molecule has 1 heterocycles. The molecule has 2 aromatic carbocycles. The highest BCUT2D eigenvalue weighted by Crippen LogP contribution is 2.37. The maximum atomic E-state index is 12.9. The molecule has 27 heavy (non-hydrogen) atoms. The topological polar surface area (TPSA) is 92.3 Å². The first-order chi connectivity index (χ1) is 13.0. The van der Waals surface area contributed by atoms with Gasteiger partial charge in [0.2, 0.25) is 10.0 Å². The zero-order valence-corrected chi connectivity index (χ0v) is 16.1. The fraction of sp³-hybridized carbons (Fsp3) is 0.333. The second kappa shape index (κ2) is 7.93. The van der Waals surface area contributed by atoms with E-state index in [0.717, 1.165) is 5.56 Å². The van der Waals surface area contributed by atoms with E-state index in [4.69, 9.17) is 23.7 Å². The van der Waals surface area contributed by atoms with Crippen molar-refractivity contribution in [3.63, 3.8) is 0 Å². The summed E-state index contributed by atoms with van der Waals surface area (Å²) < 4.78 is 54.9. The van der Waals surface area contributed by atoms with Crippen LogP contribution in [0.2, 0.25) is 0 Å². The second-order valence-electron chi connectivity index (χ2n) is 5.66. The Morgan fingerprint density at radius 2 is 1.56 bits per heavy atom. The highest BCUT2D eigenvalue weighted by atomic mass is 32.2. The number of ether oxygens (including phenoxy) is 5. The van der Waals surface area contributed by atoms with Crippen molar-refractivity contribution in [2.24, 2.45) is 0 Å². The van der Waals surface area contributed by atoms with E-state index in [0.29, 0.717) is 30.5 Å². The Labute approximate surface area is 158 Å². The number of hydrogen-bond acceptors (Lipinski definition) is 7. The molecular formula is C18H21NO7S. The summed E-state index contributed by atoms with van der Waals surface area (Å²) in [5.41, 5.74) is 0.731. The van der Waals surface area contributed by atoms with Crippen LogP contribution in [0, 0.1) is 0 Å². The van der Waals surface area contributed by atoms with E-state index in [1.807, 2.05) is 0 Å². The lowest BCUT2D eigenvalue weighted by molar-refractivity contribution is 0.171. The van der Waals surface area contributed by atoms with Gasteiger partial charge in [-0.15, -0.1) is 0 Å². The highest BCUT2D eigenvalue weighted by Gasteiger charge is 2.26. The molecule has 8 nitrogen and oxygen atoms in total. The van der Waals surface area contributed by atoms with Gasteiger partial charge in [-0.1, -0.05) is 6.07 Å². The number of benzene rings is 2. The minimum atomic E-state index is -3.92. The molecule has 1 aliphatic rings. The van der Waals surface area contributed by atoms with Gasteiger partial charge < -0.3 is 23.7 Å². The number of fused-ring (bicyclic) bond motifs is 1. The second-order valence-corrected chi connectivity index (χ2v) is 7.37. The zero-order valence-electron chi connectivity index (χ0n) is 15.3. The summed E-state index contributed by atoms with van der Waals surface area (Å²) >= 11 is 0. The van der Waals surface area contributed by atoms with E-state index < -0.39 is 10.0 Å². The van der Waals surface area contributed by atoms with Gasteiger partial charge in [0, 0.05) is 18.7 Å². The molecule has 3 rings (SSSR count). The maximum absolute atomic E-state index is 12.9. The molecule has 0 atom stereocenters. The Hall–Kier alpha value is -2.65. The van der Waals surface area contributed by atoms with Gasteiger partial charge in [-0.3, -0.25) is 0 Å². The van der Waals surface area contributed by atoms with Crippen molar-refractivity contribution in [1.29, 1.82) is 0 Å². The van der Waals surface area contributed by atoms with Crippen LogP contribution < -0.4 is 28.4 Å². The zero-order chi connectivity index (χ0) is 19.4. The smallest absolute Gasteiger partial charge is 0.248 e. The van der Waals surface area contributed by atoms with Gasteiger partial charge >= 0.3 is 0 Å². The average Bonchev–Trinajstić information content (AvgIpc) is 2.70. The minimum absolute atomic E-state index is 0.0668. The van der Waals surface area contributed by atoms with Crippen molar-refractivity contribution < 1.29 is 32.1 Å². The first-order valence-electron chi connectivity index (χ1n) is 8.16. The fourth-order valence-corrected chi connectivity index (χ4v) is 4.00. The van der Waals surface area contributed by atoms with Crippen LogP contribution in [0.3, 0.4) is 0 Å². The van der Waals surface area contributed by atoms with Crippen molar-refractivity contribution in [3.05, 3.63) is 35.9 Å². The summed E-state index contributed by atoms with van der Waals surface area (Å²) in [6.45, 7) is 1.02. The quantitative estimate of drug-likeness (QED) is 0.766. The summed E-state index contributed by atoms with van der Waals surface area (Å²) in [6.07, 6.45) is 0. The maximum Gasteiger partial charge on any atom is 0.248 e. The van der Waals surface area contributed by atoms with Crippen LogP contribution in [-0.4, -0.2) is 43.0 Å². The lowest BCUT2D eigenvalue weighted by atomic mass is 10.2. The lowest BCUT2D eigenvalue weighted by Crippen LogP contribution is -2.24. The molecule has 0 bridgehead atoms. The van der Waals surface area contributed by atoms with Gasteiger partial charge in [-0.25, -0.2) is 13.1 Å². The highest BCUT2D eigenvalue weighted by molar-refractivity contribution is 7.89. The Balaban J connectivity index is 1.87. The summed E-state index contributed by atoms with van der Waals surface area (Å²) in [5.74, 6) is 1.92. The Morgan fingerprint density at radius 1 is 0.926 bits per heavy atom. The van der Waals surface area contributed by atoms with Crippen molar-refractivity contribution in [1.82, 2.24) is 4.72 Å². The van der Waals surface area contributed by atoms with Crippen LogP contribution in [0.25, 0.3) is 0 Å². The van der Waals surface area contributed by atoms with Crippen LogP contribution in [0.15, 0.2) is 35.2 Å². The number of methoxy groups -OCH3 is 3. The fourth-order valence-electron chi connectivity index (χ4n) is 2.69. The molecule has 1 N–H and O–H groups in total. The van der Waals surface area contributed by atoms with Crippen molar-refractivity contribution in [2.45, 2.75) is 11.4 Å². The van der Waals surface area contributed by atoms with Gasteiger partial charge in [-0.05, 0) is 17.7 Å². The van der Waals surface area contributed by atoms with E-state index >= 15 is 0 Å². The summed E-state index contributed by atoms with van der Waals surface area (Å²) in [6, 6.07) is 8.26. The van der Waals surface area contributed by atoms with E-state index in [-0.39, 0.29) is 22.9 Å². The molecule has 146 valence electrons. The SMILES string of the molecule is COc1cc(OC)c(S(=O)(=O)NCc2ccc3c(c2)OCCO3)c(OC)c1. The Morgan fingerprint density at radius 3 is 2.15 bits per heavy atom. The molecule has 0 saturated heterocycles. The first kappa shape index (κ1) is 19.1. The number of nitrogens with one attached hydrogen (secondary N) is 1. The molecular weight excluding hydrogens is 374 g/mol. The van der Waals surface area contributed by atoms with Crippen LogP contribution in [-0.2, 0) is 16.6 Å². The van der Waals surface area contributed by atoms with Gasteiger partial charge in [0.05, 0.1) is 21.3 Å². The van der Waals surface area contributed by atoms with Gasteiger partial charge in [-0.2, -0.15) is 0 Å². The predicted molar refractivity (Wildman–Crippen MR) is 97.6 cm³/mol. The molecule has 0 radical (unpaired) electrons. The van der Waals surface area contributed by atoms with Gasteiger partial charge in [0.25, 0.3) is 0 Å². The Bertz CT molecular complexity index is 902. The van der Waals surface area contributed by atoms with Crippen LogP contribution in [0.4, 0.5) is 0 Å². The van der Waals surface area contributed by atoms with Gasteiger partial charge in [0.15, 0.2) is 16.4 Å². The normalized spacial score (nSPS) is 13.1. The number of sulfonamides is 1. The van der Waals surface area contributed by atoms with Crippen LogP contribution in [0.1, 0.15) is 5.56 Å². The molecule has 0 saturated carbocycles. The minimum Gasteiger partial charge on any atom is -0.496 e. The standard InChI is InChI=1S/C18H21NO7S/c1-22-13-9-16(23-2)18(17(10-13)24-3)27(20,21)19-11-12-4-5-14-15(8-12)26-7-6-25-14/h4-5,8-10,19H,6-7,11H2,1-3H3. The molecule has 1 aliphatic heterocycles. The van der Waals surface area contributed by atoms with Crippen LogP contribution in [0.5, 0.6) is 28.7 Å². The van der Waals surface area contributed by atoms with E-state index in [9.17, 15) is 8.42 Å². The Kier molecular flexibility index (Phi) is 5.62. The summed E-state index contributed by atoms with van der Waals surface area (Å²) in [4.78, 5) is -0.0918. The van der Waals surface area contributed by atoms with Crippen molar-refractivity contribution in [3.8, 4) is 28.7 Å². The first-order valence-corrected chi connectivity index (χ1v) is 9.65. The third kappa shape index (κ3) is 4.04. The molecule has 0 aliphatic carbocycles. The van der Waals surface area contributed by atoms with Crippen molar-refractivity contribution in [2.75, 3.05) is 34.5 Å². The monoisotopic (exact) mass is 395 g/mol. The van der Waals surface area contributed by atoms with Gasteiger partial charge in [0.1, 0.15) is 30.5 Å². The average molecular weight is 395 g/mol.